The highest BCUT2D eigenvalue weighted by Gasteiger charge is 2.56. The van der Waals surface area contributed by atoms with Gasteiger partial charge in [0, 0.05) is 18.3 Å². The quantitative estimate of drug-likeness (QED) is 0.718. The summed E-state index contributed by atoms with van der Waals surface area (Å²) < 4.78 is 47.0. The van der Waals surface area contributed by atoms with E-state index < -0.39 is 32.5 Å². The number of hydrogen-bond donors (Lipinski definition) is 2. The first-order valence-corrected chi connectivity index (χ1v) is 11.6. The largest absolute Gasteiger partial charge is 0.495 e. The molecular formula is C21H24FN5O4S. The normalized spacial score (nSPS) is 23.9. The van der Waals surface area contributed by atoms with Crippen molar-refractivity contribution in [1.29, 1.82) is 0 Å². The smallest absolute Gasteiger partial charge is 0.274 e. The Hall–Kier alpha value is -3.21. The second-order valence-corrected chi connectivity index (χ2v) is 10.1. The number of aromatic nitrogens is 1. The molecule has 0 spiro atoms. The fraction of sp³-hybridized carbons (Fsp3) is 0.381. The molecule has 3 N–H and O–H groups in total. The molecule has 2 heterocycles. The average Bonchev–Trinajstić information content (AvgIpc) is 3.19. The molecule has 0 saturated heterocycles. The molecule has 1 fully saturated rings. The second-order valence-electron chi connectivity index (χ2n) is 7.98. The van der Waals surface area contributed by atoms with Crippen LogP contribution in [0, 0.1) is 12.7 Å². The predicted octanol–water partition coefficient (Wildman–Crippen LogP) is 2.13. The van der Waals surface area contributed by atoms with Gasteiger partial charge in [0.25, 0.3) is 5.91 Å². The van der Waals surface area contributed by atoms with Crippen LogP contribution in [-0.4, -0.2) is 49.0 Å². The zero-order chi connectivity index (χ0) is 23.3. The molecule has 2 aliphatic rings. The minimum Gasteiger partial charge on any atom is -0.495 e. The van der Waals surface area contributed by atoms with Crippen molar-refractivity contribution in [1.82, 2.24) is 9.29 Å². The fourth-order valence-corrected chi connectivity index (χ4v) is 6.41. The zero-order valence-electron chi connectivity index (χ0n) is 17.9. The van der Waals surface area contributed by atoms with E-state index in [2.05, 4.69) is 15.3 Å². The molecule has 1 amide bonds. The van der Waals surface area contributed by atoms with Crippen molar-refractivity contribution in [2.24, 2.45) is 10.7 Å². The third kappa shape index (κ3) is 3.36. The lowest BCUT2D eigenvalue weighted by atomic mass is 9.87. The molecule has 32 heavy (non-hydrogen) atoms. The van der Waals surface area contributed by atoms with Crippen molar-refractivity contribution in [2.45, 2.75) is 37.0 Å². The Morgan fingerprint density at radius 3 is 2.81 bits per heavy atom. The predicted molar refractivity (Wildman–Crippen MR) is 118 cm³/mol. The number of carbonyl (C=O) groups is 1. The summed E-state index contributed by atoms with van der Waals surface area (Å²) in [4.78, 5) is 21.4. The van der Waals surface area contributed by atoms with Gasteiger partial charge in [0.1, 0.15) is 28.0 Å². The van der Waals surface area contributed by atoms with Crippen LogP contribution in [-0.2, 0) is 15.6 Å². The molecule has 0 bridgehead atoms. The zero-order valence-corrected chi connectivity index (χ0v) is 18.7. The summed E-state index contributed by atoms with van der Waals surface area (Å²) in [6, 6.07) is 5.72. The Kier molecular flexibility index (Phi) is 5.32. The number of nitrogens with two attached hydrogens (primary N) is 1. The number of amides is 1. The molecule has 11 heteroatoms. The molecule has 1 aromatic carbocycles. The number of nitrogens with one attached hydrogen (secondary N) is 1. The van der Waals surface area contributed by atoms with Gasteiger partial charge in [-0.05, 0) is 56.0 Å². The number of sulfonamides is 1. The molecule has 170 valence electrons. The van der Waals surface area contributed by atoms with Gasteiger partial charge in [0.05, 0.1) is 13.3 Å². The van der Waals surface area contributed by atoms with Crippen LogP contribution in [0.1, 0.15) is 40.9 Å². The number of halogens is 1. The van der Waals surface area contributed by atoms with Crippen molar-refractivity contribution < 1.29 is 22.3 Å². The van der Waals surface area contributed by atoms with Crippen molar-refractivity contribution in [2.75, 3.05) is 19.5 Å². The second kappa shape index (κ2) is 7.73. The van der Waals surface area contributed by atoms with Crippen LogP contribution in [0.25, 0.3) is 0 Å². The lowest BCUT2D eigenvalue weighted by Crippen LogP contribution is -2.55. The number of fused-ring (bicyclic) bond motifs is 1. The highest BCUT2D eigenvalue weighted by Crippen LogP contribution is 2.49. The number of benzene rings is 1. The maximum absolute atomic E-state index is 15.0. The van der Waals surface area contributed by atoms with Crippen LogP contribution >= 0.6 is 0 Å². The standard InChI is InChI=1S/C21H24FN5O4S/c1-12-9-14(31-3)11-24-18(12)19(28)25-13-6-7-16(22)15(10-13)21-8-4-5-17(21)32(29,30)27(2)20(23)26-21/h6-7,9-11,17H,4-5,8H2,1-3H3,(H2,23,26)(H,25,28)/t17-,21-/m1/s1. The lowest BCUT2D eigenvalue weighted by molar-refractivity contribution is 0.102. The van der Waals surface area contributed by atoms with Gasteiger partial charge in [-0.25, -0.2) is 27.1 Å². The lowest BCUT2D eigenvalue weighted by Gasteiger charge is -2.39. The summed E-state index contributed by atoms with van der Waals surface area (Å²) in [6.07, 6.45) is 2.66. The summed E-state index contributed by atoms with van der Waals surface area (Å²) >= 11 is 0. The third-order valence-electron chi connectivity index (χ3n) is 6.13. The maximum atomic E-state index is 15.0. The summed E-state index contributed by atoms with van der Waals surface area (Å²) in [7, 11) is -0.956. The van der Waals surface area contributed by atoms with E-state index >= 15 is 4.39 Å². The van der Waals surface area contributed by atoms with Gasteiger partial charge in [0.2, 0.25) is 16.0 Å². The molecule has 1 aliphatic heterocycles. The maximum Gasteiger partial charge on any atom is 0.274 e. The Morgan fingerprint density at radius 1 is 1.38 bits per heavy atom. The van der Waals surface area contributed by atoms with Crippen LogP contribution in [0.5, 0.6) is 5.75 Å². The van der Waals surface area contributed by atoms with Crippen molar-refractivity contribution in [3.8, 4) is 5.75 Å². The summed E-state index contributed by atoms with van der Waals surface area (Å²) in [5.74, 6) is -0.754. The SMILES string of the molecule is COc1cnc(C(=O)Nc2ccc(F)c([C@]34CCC[C@H]3S(=O)(=O)N(C)C(N)=N4)c2)c(C)c1. The number of carbonyl (C=O) groups excluding carboxylic acids is 1. The number of hydrogen-bond acceptors (Lipinski definition) is 7. The van der Waals surface area contributed by atoms with Gasteiger partial charge in [-0.1, -0.05) is 0 Å². The van der Waals surface area contributed by atoms with E-state index in [1.165, 1.54) is 38.6 Å². The number of nitrogens with zero attached hydrogens (tertiary/aromatic N) is 3. The van der Waals surface area contributed by atoms with E-state index in [4.69, 9.17) is 10.5 Å². The minimum atomic E-state index is -3.80. The van der Waals surface area contributed by atoms with Gasteiger partial charge in [0.15, 0.2) is 0 Å². The van der Waals surface area contributed by atoms with Crippen LogP contribution in [0.3, 0.4) is 0 Å². The molecule has 2 atom stereocenters. The number of methoxy groups -OCH3 is 1. The first-order chi connectivity index (χ1) is 15.1. The number of aryl methyl sites for hydroxylation is 1. The van der Waals surface area contributed by atoms with E-state index in [1.807, 2.05) is 0 Å². The molecule has 2 aromatic rings. The number of pyridine rings is 1. The number of aliphatic imine (C=N–C) groups is 1. The topological polar surface area (TPSA) is 127 Å². The van der Waals surface area contributed by atoms with Crippen LogP contribution < -0.4 is 15.8 Å². The van der Waals surface area contributed by atoms with E-state index in [0.717, 1.165) is 4.31 Å². The Labute approximate surface area is 185 Å². The van der Waals surface area contributed by atoms with E-state index in [0.29, 0.717) is 36.3 Å². The monoisotopic (exact) mass is 461 g/mol. The molecule has 1 aliphatic carbocycles. The fourth-order valence-electron chi connectivity index (χ4n) is 4.47. The molecule has 0 radical (unpaired) electrons. The van der Waals surface area contributed by atoms with Gasteiger partial charge in [-0.3, -0.25) is 4.79 Å². The van der Waals surface area contributed by atoms with Crippen LogP contribution in [0.4, 0.5) is 10.1 Å². The highest BCUT2D eigenvalue weighted by atomic mass is 32.2. The first kappa shape index (κ1) is 22.0. The minimum absolute atomic E-state index is 0.0943. The number of anilines is 1. The van der Waals surface area contributed by atoms with E-state index in [9.17, 15) is 13.2 Å². The first-order valence-electron chi connectivity index (χ1n) is 10.1. The molecule has 9 nitrogen and oxygen atoms in total. The third-order valence-corrected chi connectivity index (χ3v) is 8.42. The van der Waals surface area contributed by atoms with Gasteiger partial charge >= 0.3 is 0 Å². The number of ether oxygens (including phenoxy) is 1. The number of rotatable bonds is 4. The van der Waals surface area contributed by atoms with E-state index in [1.54, 1.807) is 13.0 Å². The van der Waals surface area contributed by atoms with Gasteiger partial charge in [-0.2, -0.15) is 0 Å². The molecular weight excluding hydrogens is 437 g/mol. The van der Waals surface area contributed by atoms with Gasteiger partial charge in [-0.15, -0.1) is 0 Å². The Morgan fingerprint density at radius 2 is 2.12 bits per heavy atom. The van der Waals surface area contributed by atoms with Gasteiger partial charge < -0.3 is 15.8 Å². The number of guanidine groups is 1. The van der Waals surface area contributed by atoms with Crippen LogP contribution in [0.15, 0.2) is 35.5 Å². The summed E-state index contributed by atoms with van der Waals surface area (Å²) in [5, 5.41) is 1.78. The summed E-state index contributed by atoms with van der Waals surface area (Å²) in [5.41, 5.74) is 5.76. The summed E-state index contributed by atoms with van der Waals surface area (Å²) in [6.45, 7) is 1.73. The van der Waals surface area contributed by atoms with Crippen molar-refractivity contribution >= 4 is 27.6 Å². The van der Waals surface area contributed by atoms with E-state index in [-0.39, 0.29) is 17.2 Å². The molecule has 4 rings (SSSR count). The highest BCUT2D eigenvalue weighted by molar-refractivity contribution is 7.90. The Bertz CT molecular complexity index is 1230. The van der Waals surface area contributed by atoms with Crippen LogP contribution in [0.2, 0.25) is 0 Å². The van der Waals surface area contributed by atoms with Crippen molar-refractivity contribution in [3.05, 3.63) is 53.1 Å². The average molecular weight is 462 g/mol. The molecule has 1 aromatic heterocycles. The Balaban J connectivity index is 1.73. The molecule has 0 unspecified atom stereocenters. The molecule has 1 saturated carbocycles. The van der Waals surface area contributed by atoms with Crippen molar-refractivity contribution in [3.63, 3.8) is 0 Å².